The molecule has 0 radical (unpaired) electrons. The van der Waals surface area contributed by atoms with Crippen molar-refractivity contribution in [1.29, 1.82) is 0 Å². The first-order valence-electron chi connectivity index (χ1n) is 8.63. The topological polar surface area (TPSA) is 186 Å². The van der Waals surface area contributed by atoms with Crippen LogP contribution in [-0.4, -0.2) is 65.4 Å². The minimum atomic E-state index is -1.99. The van der Waals surface area contributed by atoms with Gasteiger partial charge in [0.25, 0.3) is 5.56 Å². The zero-order chi connectivity index (χ0) is 21.7. The number of aliphatic hydroxyl groups excluding tert-OH is 2. The van der Waals surface area contributed by atoms with Crippen molar-refractivity contribution in [2.75, 3.05) is 12.3 Å². The number of hydrogen-bond acceptors (Lipinski definition) is 9. The summed E-state index contributed by atoms with van der Waals surface area (Å²) in [5, 5.41) is 30.3. The molecule has 4 atom stereocenters. The van der Waals surface area contributed by atoms with Crippen LogP contribution >= 0.6 is 11.3 Å². The van der Waals surface area contributed by atoms with Crippen LogP contribution in [0.25, 0.3) is 11.2 Å². The number of carboxylic acid groups (broad SMARTS) is 1. The van der Waals surface area contributed by atoms with Crippen molar-refractivity contribution in [2.45, 2.75) is 31.2 Å². The molecule has 1 saturated heterocycles. The molecule has 0 bridgehead atoms. The van der Waals surface area contributed by atoms with E-state index in [-0.39, 0.29) is 34.1 Å². The maximum absolute atomic E-state index is 14.2. The number of anilines is 1. The van der Waals surface area contributed by atoms with Gasteiger partial charge in [-0.15, -0.1) is 11.3 Å². The van der Waals surface area contributed by atoms with Crippen molar-refractivity contribution in [3.63, 3.8) is 0 Å². The average Bonchev–Trinajstić information content (AvgIpc) is 3.33. The summed E-state index contributed by atoms with van der Waals surface area (Å²) >= 11 is 0.946. The first kappa shape index (κ1) is 20.2. The highest BCUT2D eigenvalue weighted by Gasteiger charge is 2.46. The average molecular weight is 441 g/mol. The van der Waals surface area contributed by atoms with Crippen molar-refractivity contribution in [2.24, 2.45) is 0 Å². The summed E-state index contributed by atoms with van der Waals surface area (Å²) in [6.07, 6.45) is -6.77. The van der Waals surface area contributed by atoms with E-state index in [1.165, 1.54) is 11.4 Å². The fourth-order valence-electron chi connectivity index (χ4n) is 3.46. The van der Waals surface area contributed by atoms with Gasteiger partial charge in [-0.05, 0) is 17.0 Å². The largest absolute Gasteiger partial charge is 0.477 e. The molecule has 4 heterocycles. The Hall–Kier alpha value is -3.07. The van der Waals surface area contributed by atoms with Crippen LogP contribution in [0.3, 0.4) is 0 Å². The normalized spacial score (nSPS) is 24.0. The monoisotopic (exact) mass is 441 g/mol. The van der Waals surface area contributed by atoms with Gasteiger partial charge in [-0.3, -0.25) is 14.3 Å². The van der Waals surface area contributed by atoms with E-state index < -0.39 is 48.4 Å². The van der Waals surface area contributed by atoms with E-state index in [2.05, 4.69) is 9.97 Å². The molecule has 30 heavy (non-hydrogen) atoms. The zero-order valence-corrected chi connectivity index (χ0v) is 15.9. The number of aromatic carboxylic acids is 1. The highest BCUT2D eigenvalue weighted by Crippen LogP contribution is 2.32. The Balaban J connectivity index is 1.94. The fraction of sp³-hybridized carbons (Fsp3) is 0.375. The maximum atomic E-state index is 14.2. The second-order valence-corrected chi connectivity index (χ2v) is 7.54. The number of aromatic nitrogens is 4. The molecule has 12 nitrogen and oxygen atoms in total. The van der Waals surface area contributed by atoms with Crippen LogP contribution in [0.15, 0.2) is 21.0 Å². The van der Waals surface area contributed by atoms with E-state index in [1.54, 1.807) is 0 Å². The van der Waals surface area contributed by atoms with Gasteiger partial charge in [0, 0.05) is 0 Å². The number of rotatable bonds is 5. The Morgan fingerprint density at radius 1 is 1.43 bits per heavy atom. The van der Waals surface area contributed by atoms with E-state index in [4.69, 9.17) is 10.5 Å². The van der Waals surface area contributed by atoms with E-state index >= 15 is 0 Å². The predicted molar refractivity (Wildman–Crippen MR) is 101 cm³/mol. The van der Waals surface area contributed by atoms with Crippen LogP contribution in [0, 0.1) is 0 Å². The second-order valence-electron chi connectivity index (χ2n) is 6.62. The summed E-state index contributed by atoms with van der Waals surface area (Å²) in [6, 6.07) is 1.49. The van der Waals surface area contributed by atoms with Gasteiger partial charge in [-0.2, -0.15) is 4.98 Å². The molecule has 0 aromatic carbocycles. The van der Waals surface area contributed by atoms with Crippen molar-refractivity contribution < 1.29 is 29.2 Å². The standard InChI is InChI=1S/C16H16FN5O7S/c17-7-6(4-23)29-13(9(7)24)22-11-8(12(25)20-15(18)19-11)21(16(22)28)3-5-1-2-30-10(5)14(26)27/h1-2,6-7,9,13,23-24H,3-4H2,(H,26,27)(H3,18,19,20,25)/t6-,7-,9-,13-/m1/s1. The SMILES string of the molecule is Nc1nc2c(c(=O)[nH]1)n(Cc1ccsc1C(=O)O)c(=O)n2[C@@H]1O[C@H](CO)[C@@H](F)[C@H]1O. The van der Waals surface area contributed by atoms with Gasteiger partial charge in [0.2, 0.25) is 5.95 Å². The van der Waals surface area contributed by atoms with Crippen LogP contribution in [0.5, 0.6) is 0 Å². The Bertz CT molecular complexity index is 1250. The van der Waals surface area contributed by atoms with Crippen LogP contribution < -0.4 is 17.0 Å². The molecule has 0 unspecified atom stereocenters. The van der Waals surface area contributed by atoms with Gasteiger partial charge in [0.1, 0.15) is 17.1 Å². The van der Waals surface area contributed by atoms with E-state index in [0.29, 0.717) is 0 Å². The van der Waals surface area contributed by atoms with Crippen LogP contribution in [0.4, 0.5) is 10.3 Å². The summed E-state index contributed by atoms with van der Waals surface area (Å²) < 4.78 is 21.2. The third-order valence-electron chi connectivity index (χ3n) is 4.82. The molecule has 4 rings (SSSR count). The molecule has 160 valence electrons. The predicted octanol–water partition coefficient (Wildman–Crippen LogP) is -1.13. The molecule has 6 N–H and O–H groups in total. The Morgan fingerprint density at radius 3 is 2.80 bits per heavy atom. The number of H-pyrrole nitrogens is 1. The third-order valence-corrected chi connectivity index (χ3v) is 5.77. The van der Waals surface area contributed by atoms with Crippen LogP contribution in [-0.2, 0) is 11.3 Å². The summed E-state index contributed by atoms with van der Waals surface area (Å²) in [5.41, 5.74) is 3.63. The first-order valence-corrected chi connectivity index (χ1v) is 9.51. The van der Waals surface area contributed by atoms with Crippen molar-refractivity contribution in [3.05, 3.63) is 42.7 Å². The minimum absolute atomic E-state index is 0.0241. The van der Waals surface area contributed by atoms with Gasteiger partial charge in [0.05, 0.1) is 13.2 Å². The van der Waals surface area contributed by atoms with Crippen molar-refractivity contribution >= 4 is 34.4 Å². The molecule has 3 aromatic rings. The lowest BCUT2D eigenvalue weighted by Gasteiger charge is -2.15. The van der Waals surface area contributed by atoms with Crippen molar-refractivity contribution in [3.8, 4) is 0 Å². The number of nitrogens with two attached hydrogens (primary N) is 1. The van der Waals surface area contributed by atoms with Gasteiger partial charge >= 0.3 is 11.7 Å². The highest BCUT2D eigenvalue weighted by atomic mass is 32.1. The number of imidazole rings is 1. The highest BCUT2D eigenvalue weighted by molar-refractivity contribution is 7.12. The number of carbonyl (C=O) groups is 1. The van der Waals surface area contributed by atoms with Gasteiger partial charge in [-0.25, -0.2) is 18.5 Å². The lowest BCUT2D eigenvalue weighted by Crippen LogP contribution is -2.34. The minimum Gasteiger partial charge on any atom is -0.477 e. The molecule has 1 aliphatic rings. The first-order chi connectivity index (χ1) is 14.2. The Kier molecular flexibility index (Phi) is 4.93. The van der Waals surface area contributed by atoms with Crippen molar-refractivity contribution in [1.82, 2.24) is 19.1 Å². The number of nitrogen functional groups attached to an aromatic ring is 1. The molecule has 0 spiro atoms. The Labute approximate surface area is 169 Å². The van der Waals surface area contributed by atoms with E-state index in [1.807, 2.05) is 0 Å². The molecule has 0 saturated carbocycles. The number of fused-ring (bicyclic) bond motifs is 1. The number of aliphatic hydroxyl groups is 2. The number of aromatic amines is 1. The van der Waals surface area contributed by atoms with Crippen LogP contribution in [0.1, 0.15) is 21.5 Å². The zero-order valence-electron chi connectivity index (χ0n) is 15.1. The number of ether oxygens (including phenoxy) is 1. The number of thiophene rings is 1. The van der Waals surface area contributed by atoms with E-state index in [0.717, 1.165) is 20.5 Å². The summed E-state index contributed by atoms with van der Waals surface area (Å²) in [5.74, 6) is -1.53. The van der Waals surface area contributed by atoms with Gasteiger partial charge in [0.15, 0.2) is 23.6 Å². The number of halogens is 1. The van der Waals surface area contributed by atoms with Crippen LogP contribution in [0.2, 0.25) is 0 Å². The molecule has 1 fully saturated rings. The molecule has 3 aromatic heterocycles. The molecular weight excluding hydrogens is 425 g/mol. The van der Waals surface area contributed by atoms with Gasteiger partial charge in [-0.1, -0.05) is 0 Å². The maximum Gasteiger partial charge on any atom is 0.346 e. The molecule has 14 heteroatoms. The number of hydrogen-bond donors (Lipinski definition) is 5. The number of alkyl halides is 1. The smallest absolute Gasteiger partial charge is 0.346 e. The lowest BCUT2D eigenvalue weighted by atomic mass is 10.1. The fourth-order valence-corrected chi connectivity index (χ4v) is 4.22. The Morgan fingerprint density at radius 2 is 2.17 bits per heavy atom. The summed E-state index contributed by atoms with van der Waals surface area (Å²) in [6.45, 7) is -1.04. The number of carboxylic acids is 1. The lowest BCUT2D eigenvalue weighted by molar-refractivity contribution is -0.0513. The number of nitrogens with zero attached hydrogens (tertiary/aromatic N) is 3. The second kappa shape index (κ2) is 7.32. The molecule has 1 aliphatic heterocycles. The summed E-state index contributed by atoms with van der Waals surface area (Å²) in [4.78, 5) is 43.3. The summed E-state index contributed by atoms with van der Waals surface area (Å²) in [7, 11) is 0. The van der Waals surface area contributed by atoms with Gasteiger partial charge < -0.3 is 25.8 Å². The molecular formula is C16H16FN5O7S. The van der Waals surface area contributed by atoms with E-state index in [9.17, 15) is 34.1 Å². The third kappa shape index (κ3) is 3.00. The number of nitrogens with one attached hydrogen (secondary N) is 1. The molecule has 0 amide bonds. The molecule has 0 aliphatic carbocycles. The quantitative estimate of drug-likeness (QED) is 0.326.